The van der Waals surface area contributed by atoms with E-state index in [1.165, 1.54) is 6.92 Å². The number of hydrogen-bond donors (Lipinski definition) is 2. The Morgan fingerprint density at radius 3 is 2.47 bits per heavy atom. The Morgan fingerprint density at radius 2 is 2.00 bits per heavy atom. The van der Waals surface area contributed by atoms with Crippen molar-refractivity contribution in [3.63, 3.8) is 0 Å². The van der Waals surface area contributed by atoms with Crippen LogP contribution in [0.5, 0.6) is 0 Å². The van der Waals surface area contributed by atoms with E-state index in [-0.39, 0.29) is 6.54 Å². The second kappa shape index (κ2) is 8.49. The van der Waals surface area contributed by atoms with Crippen LogP contribution in [-0.4, -0.2) is 34.7 Å². The average molecular weight is 245 g/mol. The van der Waals surface area contributed by atoms with Crippen molar-refractivity contribution in [2.24, 2.45) is 5.29 Å². The molecule has 2 amide bonds. The summed E-state index contributed by atoms with van der Waals surface area (Å²) in [6.45, 7) is 3.58. The predicted molar refractivity (Wildman–Crippen MR) is 62.3 cm³/mol. The number of nitrogens with one attached hydrogen (secondary N) is 1. The lowest BCUT2D eigenvalue weighted by Crippen LogP contribution is -2.44. The minimum Gasteiger partial charge on any atom is -0.480 e. The molecule has 0 heterocycles. The molecule has 7 nitrogen and oxygen atoms in total. The Hall–Kier alpha value is -1.66. The van der Waals surface area contributed by atoms with Crippen LogP contribution < -0.4 is 5.32 Å². The van der Waals surface area contributed by atoms with E-state index in [1.807, 2.05) is 0 Å². The van der Waals surface area contributed by atoms with Crippen LogP contribution in [0.2, 0.25) is 0 Å². The molecule has 1 unspecified atom stereocenters. The third-order valence-electron chi connectivity index (χ3n) is 2.27. The number of unbranched alkanes of at least 4 members (excludes halogenated alkanes) is 3. The Kier molecular flexibility index (Phi) is 7.66. The van der Waals surface area contributed by atoms with Gasteiger partial charge in [0.1, 0.15) is 6.04 Å². The van der Waals surface area contributed by atoms with E-state index in [0.29, 0.717) is 6.42 Å². The van der Waals surface area contributed by atoms with Crippen LogP contribution in [0.4, 0.5) is 4.79 Å². The lowest BCUT2D eigenvalue weighted by molar-refractivity contribution is -0.138. The molecular weight excluding hydrogens is 226 g/mol. The van der Waals surface area contributed by atoms with Gasteiger partial charge in [-0.15, -0.1) is 4.91 Å². The maximum atomic E-state index is 11.4. The van der Waals surface area contributed by atoms with E-state index >= 15 is 0 Å². The molecule has 0 aromatic rings. The SMILES string of the molecule is CCCCCCN(N=O)C(=O)NC(C)C(=O)O. The zero-order valence-electron chi connectivity index (χ0n) is 10.2. The third kappa shape index (κ3) is 6.49. The van der Waals surface area contributed by atoms with Gasteiger partial charge >= 0.3 is 12.0 Å². The molecular formula is C10H19N3O4. The van der Waals surface area contributed by atoms with Crippen molar-refractivity contribution in [1.82, 2.24) is 10.3 Å². The first-order valence-electron chi connectivity index (χ1n) is 5.67. The summed E-state index contributed by atoms with van der Waals surface area (Å²) >= 11 is 0. The van der Waals surface area contributed by atoms with E-state index < -0.39 is 18.0 Å². The first-order chi connectivity index (χ1) is 8.02. The molecule has 7 heteroatoms. The second-order valence-electron chi connectivity index (χ2n) is 3.77. The quantitative estimate of drug-likeness (QED) is 0.386. The number of carboxylic acids is 1. The Balaban J connectivity index is 4.03. The molecule has 0 aliphatic carbocycles. The standard InChI is InChI=1S/C10H19N3O4/c1-3-4-5-6-7-13(12-17)10(16)11-8(2)9(14)15/h8H,3-7H2,1-2H3,(H,11,16)(H,14,15). The molecule has 0 saturated carbocycles. The van der Waals surface area contributed by atoms with Gasteiger partial charge in [-0.05, 0) is 13.3 Å². The van der Waals surface area contributed by atoms with Crippen LogP contribution >= 0.6 is 0 Å². The van der Waals surface area contributed by atoms with Gasteiger partial charge in [0.05, 0.1) is 5.29 Å². The summed E-state index contributed by atoms with van der Waals surface area (Å²) < 4.78 is 0. The largest absolute Gasteiger partial charge is 0.480 e. The van der Waals surface area contributed by atoms with Crippen LogP contribution in [0, 0.1) is 4.91 Å². The lowest BCUT2D eigenvalue weighted by Gasteiger charge is -2.16. The molecule has 0 bridgehead atoms. The molecule has 2 N–H and O–H groups in total. The summed E-state index contributed by atoms with van der Waals surface area (Å²) in [6, 6.07) is -1.81. The van der Waals surface area contributed by atoms with Gasteiger partial charge in [-0.1, -0.05) is 26.2 Å². The zero-order valence-corrected chi connectivity index (χ0v) is 10.2. The van der Waals surface area contributed by atoms with Crippen LogP contribution in [0.1, 0.15) is 39.5 Å². The molecule has 0 radical (unpaired) electrons. The van der Waals surface area contributed by atoms with Crippen molar-refractivity contribution in [2.45, 2.75) is 45.6 Å². The van der Waals surface area contributed by atoms with Crippen molar-refractivity contribution < 1.29 is 14.7 Å². The average Bonchev–Trinajstić information content (AvgIpc) is 2.28. The maximum absolute atomic E-state index is 11.4. The molecule has 0 aliphatic heterocycles. The number of nitrogens with zero attached hydrogens (tertiary/aromatic N) is 2. The zero-order chi connectivity index (χ0) is 13.3. The normalized spacial score (nSPS) is 11.6. The number of hydrogen-bond acceptors (Lipinski definition) is 4. The van der Waals surface area contributed by atoms with Crippen LogP contribution in [0.3, 0.4) is 0 Å². The Bertz CT molecular complexity index is 270. The number of aliphatic carboxylic acids is 1. The van der Waals surface area contributed by atoms with Crippen LogP contribution in [-0.2, 0) is 4.79 Å². The topological polar surface area (TPSA) is 99.1 Å². The van der Waals surface area contributed by atoms with Crippen molar-refractivity contribution in [1.29, 1.82) is 0 Å². The van der Waals surface area contributed by atoms with E-state index in [4.69, 9.17) is 5.11 Å². The summed E-state index contributed by atoms with van der Waals surface area (Å²) in [4.78, 5) is 32.3. The summed E-state index contributed by atoms with van der Waals surface area (Å²) in [5.74, 6) is -1.16. The summed E-state index contributed by atoms with van der Waals surface area (Å²) in [5.41, 5.74) is 0. The first-order valence-corrected chi connectivity index (χ1v) is 5.67. The fourth-order valence-electron chi connectivity index (χ4n) is 1.19. The number of rotatable bonds is 8. The molecule has 0 aromatic carbocycles. The Labute approximate surface area is 100 Å². The van der Waals surface area contributed by atoms with Gasteiger partial charge in [0, 0.05) is 6.54 Å². The molecule has 17 heavy (non-hydrogen) atoms. The van der Waals surface area contributed by atoms with Crippen LogP contribution in [0.25, 0.3) is 0 Å². The van der Waals surface area contributed by atoms with Gasteiger partial charge in [-0.3, -0.25) is 4.79 Å². The number of nitroso groups, excluding NO2 is 1. The molecule has 0 spiro atoms. The van der Waals surface area contributed by atoms with E-state index in [0.717, 1.165) is 24.3 Å². The molecule has 0 aromatic heterocycles. The highest BCUT2D eigenvalue weighted by molar-refractivity contribution is 5.81. The maximum Gasteiger partial charge on any atom is 0.341 e. The number of amides is 2. The van der Waals surface area contributed by atoms with E-state index in [1.54, 1.807) is 0 Å². The predicted octanol–water partition coefficient (Wildman–Crippen LogP) is 1.73. The van der Waals surface area contributed by atoms with Crippen molar-refractivity contribution in [2.75, 3.05) is 6.54 Å². The molecule has 98 valence electrons. The highest BCUT2D eigenvalue weighted by atomic mass is 16.4. The lowest BCUT2D eigenvalue weighted by atomic mass is 10.2. The fourth-order valence-corrected chi connectivity index (χ4v) is 1.19. The van der Waals surface area contributed by atoms with Gasteiger partial charge in [0.15, 0.2) is 0 Å². The van der Waals surface area contributed by atoms with E-state index in [2.05, 4.69) is 17.5 Å². The monoisotopic (exact) mass is 245 g/mol. The van der Waals surface area contributed by atoms with Crippen LogP contribution in [0.15, 0.2) is 5.29 Å². The highest BCUT2D eigenvalue weighted by Crippen LogP contribution is 2.02. The first kappa shape index (κ1) is 15.3. The van der Waals surface area contributed by atoms with E-state index in [9.17, 15) is 14.5 Å². The highest BCUT2D eigenvalue weighted by Gasteiger charge is 2.19. The molecule has 1 atom stereocenters. The number of carboxylic acid groups (broad SMARTS) is 1. The van der Waals surface area contributed by atoms with Crippen molar-refractivity contribution in [3.8, 4) is 0 Å². The number of urea groups is 1. The van der Waals surface area contributed by atoms with Gasteiger partial charge in [-0.25, -0.2) is 4.79 Å². The Morgan fingerprint density at radius 1 is 1.35 bits per heavy atom. The molecule has 0 rings (SSSR count). The summed E-state index contributed by atoms with van der Waals surface area (Å²) in [6.07, 6.45) is 3.66. The molecule has 0 aliphatic rings. The van der Waals surface area contributed by atoms with Gasteiger partial charge in [-0.2, -0.15) is 5.01 Å². The molecule has 0 saturated heterocycles. The van der Waals surface area contributed by atoms with Gasteiger partial charge < -0.3 is 10.4 Å². The summed E-state index contributed by atoms with van der Waals surface area (Å²) in [5, 5.41) is 14.0. The fraction of sp³-hybridized carbons (Fsp3) is 0.800. The van der Waals surface area contributed by atoms with Crippen molar-refractivity contribution in [3.05, 3.63) is 4.91 Å². The summed E-state index contributed by atoms with van der Waals surface area (Å²) in [7, 11) is 0. The minimum absolute atomic E-state index is 0.210. The van der Waals surface area contributed by atoms with Gasteiger partial charge in [0.25, 0.3) is 0 Å². The third-order valence-corrected chi connectivity index (χ3v) is 2.27. The number of carbonyl (C=O) groups excluding carboxylic acids is 1. The van der Waals surface area contributed by atoms with Crippen molar-refractivity contribution >= 4 is 12.0 Å². The van der Waals surface area contributed by atoms with Gasteiger partial charge in [0.2, 0.25) is 0 Å². The number of carbonyl (C=O) groups is 2. The second-order valence-corrected chi connectivity index (χ2v) is 3.77. The molecule has 0 fully saturated rings. The minimum atomic E-state index is -1.16. The smallest absolute Gasteiger partial charge is 0.341 e.